The number of carbonyl (C=O) groups is 2. The molecule has 9 heteroatoms. The third-order valence-electron chi connectivity index (χ3n) is 6.99. The van der Waals surface area contributed by atoms with Crippen LogP contribution in [0.2, 0.25) is 5.02 Å². The number of nitro groups is 1. The van der Waals surface area contributed by atoms with Gasteiger partial charge in [-0.15, -0.1) is 0 Å². The minimum atomic E-state index is -0.562. The Bertz CT molecular complexity index is 1180. The van der Waals surface area contributed by atoms with Crippen LogP contribution in [0.4, 0.5) is 5.69 Å². The van der Waals surface area contributed by atoms with E-state index in [0.717, 1.165) is 11.4 Å². The molecule has 8 nitrogen and oxygen atoms in total. The molecule has 0 radical (unpaired) electrons. The Balaban J connectivity index is 1.24. The van der Waals surface area contributed by atoms with Crippen molar-refractivity contribution in [1.82, 2.24) is 5.01 Å². The van der Waals surface area contributed by atoms with E-state index < -0.39 is 4.92 Å². The Morgan fingerprint density at radius 3 is 2.42 bits per heavy atom. The number of nitro benzene ring substituents is 1. The van der Waals surface area contributed by atoms with Crippen LogP contribution in [-0.2, 0) is 9.59 Å². The molecular formula is C22H16ClN3O5. The summed E-state index contributed by atoms with van der Waals surface area (Å²) < 4.78 is 5.70. The lowest BCUT2D eigenvalue weighted by Crippen LogP contribution is -2.40. The van der Waals surface area contributed by atoms with Crippen LogP contribution in [0.3, 0.4) is 0 Å². The predicted octanol–water partition coefficient (Wildman–Crippen LogP) is 3.90. The van der Waals surface area contributed by atoms with Gasteiger partial charge in [-0.05, 0) is 54.4 Å². The van der Waals surface area contributed by atoms with E-state index >= 15 is 0 Å². The summed E-state index contributed by atoms with van der Waals surface area (Å²) in [6.07, 6.45) is 6.67. The Labute approximate surface area is 181 Å². The summed E-state index contributed by atoms with van der Waals surface area (Å²) in [4.78, 5) is 36.4. The summed E-state index contributed by atoms with van der Waals surface area (Å²) in [5.74, 6) is 0.992. The lowest BCUT2D eigenvalue weighted by molar-refractivity contribution is -0.384. The van der Waals surface area contributed by atoms with E-state index in [1.807, 2.05) is 0 Å². The highest BCUT2D eigenvalue weighted by molar-refractivity contribution is 6.32. The maximum Gasteiger partial charge on any atom is 0.288 e. The van der Waals surface area contributed by atoms with E-state index in [0.29, 0.717) is 28.9 Å². The summed E-state index contributed by atoms with van der Waals surface area (Å²) in [6, 6.07) is 7.63. The first-order valence-corrected chi connectivity index (χ1v) is 10.5. The number of hydrazone groups is 1. The van der Waals surface area contributed by atoms with Gasteiger partial charge in [-0.2, -0.15) is 10.1 Å². The number of allylic oxidation sites excluding steroid dienone is 2. The van der Waals surface area contributed by atoms with Crippen molar-refractivity contribution in [3.63, 3.8) is 0 Å². The fourth-order valence-corrected chi connectivity index (χ4v) is 5.74. The fraction of sp³-hybridized carbons (Fsp3) is 0.318. The molecule has 1 aromatic carbocycles. The Kier molecular flexibility index (Phi) is 3.80. The summed E-state index contributed by atoms with van der Waals surface area (Å²) in [6.45, 7) is 0. The van der Waals surface area contributed by atoms with Crippen molar-refractivity contribution in [3.8, 4) is 11.3 Å². The molecule has 7 rings (SSSR count). The monoisotopic (exact) mass is 437 g/mol. The average Bonchev–Trinajstić information content (AvgIpc) is 3.39. The highest BCUT2D eigenvalue weighted by atomic mass is 35.5. The van der Waals surface area contributed by atoms with Gasteiger partial charge >= 0.3 is 0 Å². The van der Waals surface area contributed by atoms with Gasteiger partial charge in [0.2, 0.25) is 0 Å². The molecule has 0 N–H and O–H groups in total. The lowest BCUT2D eigenvalue weighted by atomic mass is 9.63. The molecule has 2 saturated carbocycles. The van der Waals surface area contributed by atoms with E-state index in [1.165, 1.54) is 18.3 Å². The van der Waals surface area contributed by atoms with E-state index in [4.69, 9.17) is 16.0 Å². The molecule has 1 aromatic heterocycles. The van der Waals surface area contributed by atoms with Crippen molar-refractivity contribution < 1.29 is 18.9 Å². The van der Waals surface area contributed by atoms with Crippen LogP contribution in [-0.4, -0.2) is 28.0 Å². The molecule has 2 amide bonds. The largest absolute Gasteiger partial charge is 0.455 e. The first-order chi connectivity index (χ1) is 14.9. The Morgan fingerprint density at radius 2 is 1.77 bits per heavy atom. The summed E-state index contributed by atoms with van der Waals surface area (Å²) in [5.41, 5.74) is 0.264. The van der Waals surface area contributed by atoms with Gasteiger partial charge in [0.25, 0.3) is 17.5 Å². The smallest absolute Gasteiger partial charge is 0.288 e. The van der Waals surface area contributed by atoms with Crippen LogP contribution in [0, 0.1) is 45.6 Å². The first-order valence-electron chi connectivity index (χ1n) is 10.1. The van der Waals surface area contributed by atoms with Crippen LogP contribution >= 0.6 is 11.6 Å². The summed E-state index contributed by atoms with van der Waals surface area (Å²) in [5, 5.41) is 16.3. The lowest BCUT2D eigenvalue weighted by Gasteiger charge is -2.37. The molecule has 2 heterocycles. The zero-order chi connectivity index (χ0) is 21.4. The molecule has 6 atom stereocenters. The van der Waals surface area contributed by atoms with Crippen LogP contribution in [0.1, 0.15) is 12.2 Å². The minimum Gasteiger partial charge on any atom is -0.455 e. The van der Waals surface area contributed by atoms with Crippen molar-refractivity contribution in [1.29, 1.82) is 0 Å². The van der Waals surface area contributed by atoms with Crippen LogP contribution < -0.4 is 0 Å². The Morgan fingerprint density at radius 1 is 1.10 bits per heavy atom. The minimum absolute atomic E-state index is 0.0377. The van der Waals surface area contributed by atoms with Gasteiger partial charge in [-0.1, -0.05) is 23.8 Å². The molecule has 0 spiro atoms. The third kappa shape index (κ3) is 2.64. The number of furan rings is 1. The number of hydrogen-bond donors (Lipinski definition) is 0. The number of hydrogen-bond acceptors (Lipinski definition) is 6. The van der Waals surface area contributed by atoms with E-state index in [9.17, 15) is 19.7 Å². The molecule has 156 valence electrons. The second-order valence-electron chi connectivity index (χ2n) is 8.51. The van der Waals surface area contributed by atoms with Crippen molar-refractivity contribution in [2.24, 2.45) is 40.6 Å². The number of rotatable bonds is 4. The van der Waals surface area contributed by atoms with Crippen molar-refractivity contribution in [3.05, 3.63) is 63.4 Å². The standard InChI is InChI=1S/C22H16ClN3O5/c23-16-5-1-10(7-17(16)26(29)30)18-6-2-11(31-18)9-24-25-21(27)19-12-3-4-13(15-8-14(12)15)20(19)22(25)28/h1-7,9,12-15,19-20H,8H2/t12-,13-,14-,15-,19+,20+/m0/s1. The second kappa shape index (κ2) is 6.37. The quantitative estimate of drug-likeness (QED) is 0.237. The van der Waals surface area contributed by atoms with Crippen LogP contribution in [0.5, 0.6) is 0 Å². The normalized spacial score (nSPS) is 32.6. The number of carbonyl (C=O) groups excluding carboxylic acids is 2. The second-order valence-corrected chi connectivity index (χ2v) is 8.92. The van der Waals surface area contributed by atoms with Gasteiger partial charge in [0.15, 0.2) is 0 Å². The Hall–Kier alpha value is -3.26. The van der Waals surface area contributed by atoms with Gasteiger partial charge in [-0.3, -0.25) is 19.7 Å². The van der Waals surface area contributed by atoms with E-state index in [1.54, 1.807) is 18.2 Å². The number of nitrogens with zero attached hydrogens (tertiary/aromatic N) is 3. The molecule has 1 aliphatic heterocycles. The molecule has 2 bridgehead atoms. The van der Waals surface area contributed by atoms with Gasteiger partial charge in [0.05, 0.1) is 23.0 Å². The number of amides is 2. The van der Waals surface area contributed by atoms with Gasteiger partial charge in [0, 0.05) is 11.6 Å². The zero-order valence-electron chi connectivity index (χ0n) is 16.1. The van der Waals surface area contributed by atoms with E-state index in [-0.39, 0.29) is 46.2 Å². The van der Waals surface area contributed by atoms with Crippen molar-refractivity contribution in [2.75, 3.05) is 0 Å². The van der Waals surface area contributed by atoms with Gasteiger partial charge in [-0.25, -0.2) is 0 Å². The van der Waals surface area contributed by atoms with Crippen LogP contribution in [0.15, 0.2) is 52.0 Å². The average molecular weight is 438 g/mol. The van der Waals surface area contributed by atoms with Crippen molar-refractivity contribution in [2.45, 2.75) is 6.42 Å². The molecular weight excluding hydrogens is 422 g/mol. The summed E-state index contributed by atoms with van der Waals surface area (Å²) >= 11 is 5.85. The maximum atomic E-state index is 12.9. The van der Waals surface area contributed by atoms with Gasteiger partial charge < -0.3 is 4.42 Å². The maximum absolute atomic E-state index is 12.9. The summed E-state index contributed by atoms with van der Waals surface area (Å²) in [7, 11) is 0. The molecule has 31 heavy (non-hydrogen) atoms. The topological polar surface area (TPSA) is 106 Å². The molecule has 5 aliphatic rings. The number of halogens is 1. The SMILES string of the molecule is O=C1[C@@H]2[C@H]3C=C[C@@H]([C@@H]4C[C@@H]34)[C@H]2C(=O)N1N=Cc1ccc(-c2ccc(Cl)c([N+](=O)[O-])c2)o1. The molecule has 3 fully saturated rings. The highest BCUT2D eigenvalue weighted by Gasteiger charge is 2.67. The van der Waals surface area contributed by atoms with Gasteiger partial charge in [0.1, 0.15) is 16.5 Å². The van der Waals surface area contributed by atoms with Crippen molar-refractivity contribution >= 4 is 35.3 Å². The van der Waals surface area contributed by atoms with E-state index in [2.05, 4.69) is 17.3 Å². The zero-order valence-corrected chi connectivity index (χ0v) is 16.8. The highest BCUT2D eigenvalue weighted by Crippen LogP contribution is 2.65. The number of benzene rings is 1. The predicted molar refractivity (Wildman–Crippen MR) is 110 cm³/mol. The molecule has 1 saturated heterocycles. The van der Waals surface area contributed by atoms with Crippen LogP contribution in [0.25, 0.3) is 11.3 Å². The third-order valence-corrected chi connectivity index (χ3v) is 7.31. The molecule has 4 aliphatic carbocycles. The molecule has 0 unspecified atom stereocenters. The first kappa shape index (κ1) is 18.5. The number of imide groups is 1. The molecule has 2 aromatic rings. The fourth-order valence-electron chi connectivity index (χ4n) is 5.55.